The molecule has 0 unspecified atom stereocenters. The maximum absolute atomic E-state index is 5.40. The van der Waals surface area contributed by atoms with Crippen molar-refractivity contribution in [1.82, 2.24) is 5.32 Å². The third kappa shape index (κ3) is 3.37. The van der Waals surface area contributed by atoms with Gasteiger partial charge in [-0.15, -0.1) is 0 Å². The second-order valence-electron chi connectivity index (χ2n) is 4.89. The van der Waals surface area contributed by atoms with Gasteiger partial charge in [-0.05, 0) is 36.8 Å². The van der Waals surface area contributed by atoms with E-state index in [1.54, 1.807) is 0 Å². The van der Waals surface area contributed by atoms with Crippen molar-refractivity contribution in [2.75, 3.05) is 19.6 Å². The number of ether oxygens (including phenoxy) is 2. The predicted molar refractivity (Wildman–Crippen MR) is 81.1 cm³/mol. The fourth-order valence-corrected chi connectivity index (χ4v) is 3.17. The maximum Gasteiger partial charge on any atom is 0.231 e. The molecule has 1 aliphatic rings. The van der Waals surface area contributed by atoms with Crippen molar-refractivity contribution in [3.05, 3.63) is 23.8 Å². The first-order chi connectivity index (χ1) is 9.23. The molecule has 0 radical (unpaired) electrons. The molecule has 1 N–H and O–H groups in total. The number of hydrogen-bond acceptors (Lipinski definition) is 4. The highest BCUT2D eigenvalue weighted by Gasteiger charge is 2.24. The molecule has 0 saturated heterocycles. The lowest BCUT2D eigenvalue weighted by Crippen LogP contribution is -2.36. The van der Waals surface area contributed by atoms with Gasteiger partial charge in [0.1, 0.15) is 0 Å². The van der Waals surface area contributed by atoms with Gasteiger partial charge in [0.2, 0.25) is 6.79 Å². The second kappa shape index (κ2) is 6.53. The molecule has 3 nitrogen and oxygen atoms in total. The Morgan fingerprint density at radius 1 is 1.21 bits per heavy atom. The van der Waals surface area contributed by atoms with Gasteiger partial charge in [-0.1, -0.05) is 19.9 Å². The van der Waals surface area contributed by atoms with Crippen LogP contribution in [0, 0.1) is 0 Å². The third-order valence-corrected chi connectivity index (χ3v) is 5.52. The number of fused-ring (bicyclic) bond motifs is 1. The van der Waals surface area contributed by atoms with Gasteiger partial charge in [0.05, 0.1) is 0 Å². The molecule has 0 aromatic heterocycles. The Hall–Kier alpha value is -0.870. The first kappa shape index (κ1) is 14.5. The minimum atomic E-state index is 0.341. The smallest absolute Gasteiger partial charge is 0.231 e. The summed E-state index contributed by atoms with van der Waals surface area (Å²) in [5.41, 5.74) is 1.24. The zero-order chi connectivity index (χ0) is 13.7. The van der Waals surface area contributed by atoms with Crippen molar-refractivity contribution in [3.8, 4) is 11.5 Å². The number of hydrogen-bond donors (Lipinski definition) is 1. The fourth-order valence-electron chi connectivity index (χ4n) is 2.35. The van der Waals surface area contributed by atoms with E-state index in [2.05, 4.69) is 37.6 Å². The van der Waals surface area contributed by atoms with Crippen LogP contribution < -0.4 is 14.8 Å². The van der Waals surface area contributed by atoms with E-state index in [0.717, 1.165) is 24.6 Å². The summed E-state index contributed by atoms with van der Waals surface area (Å²) >= 11 is 1.97. The highest BCUT2D eigenvalue weighted by atomic mass is 32.2. The summed E-state index contributed by atoms with van der Waals surface area (Å²) in [4.78, 5) is 0. The van der Waals surface area contributed by atoms with Crippen LogP contribution in [0.5, 0.6) is 11.5 Å². The Balaban J connectivity index is 1.89. The largest absolute Gasteiger partial charge is 0.454 e. The minimum absolute atomic E-state index is 0.341. The zero-order valence-electron chi connectivity index (χ0n) is 12.0. The highest BCUT2D eigenvalue weighted by Crippen LogP contribution is 2.33. The van der Waals surface area contributed by atoms with Gasteiger partial charge in [0, 0.05) is 17.8 Å². The number of nitrogens with one attached hydrogen (secondary N) is 1. The summed E-state index contributed by atoms with van der Waals surface area (Å²) in [6, 6.07) is 6.15. The van der Waals surface area contributed by atoms with Crippen LogP contribution in [0.15, 0.2) is 18.2 Å². The molecule has 2 rings (SSSR count). The van der Waals surface area contributed by atoms with E-state index in [9.17, 15) is 0 Å². The van der Waals surface area contributed by atoms with Crippen LogP contribution in [-0.2, 0) is 6.54 Å². The lowest BCUT2D eigenvalue weighted by Gasteiger charge is -2.30. The lowest BCUT2D eigenvalue weighted by atomic mass is 10.0. The first-order valence-corrected chi connectivity index (χ1v) is 8.10. The van der Waals surface area contributed by atoms with Crippen LogP contribution in [0.25, 0.3) is 0 Å². The Labute approximate surface area is 120 Å². The molecular formula is C15H23NO2S. The average molecular weight is 281 g/mol. The minimum Gasteiger partial charge on any atom is -0.454 e. The van der Waals surface area contributed by atoms with Gasteiger partial charge in [0.25, 0.3) is 0 Å². The van der Waals surface area contributed by atoms with Crippen LogP contribution in [0.4, 0.5) is 0 Å². The summed E-state index contributed by atoms with van der Waals surface area (Å²) in [5.74, 6) is 1.71. The fraction of sp³-hybridized carbons (Fsp3) is 0.600. The van der Waals surface area contributed by atoms with E-state index in [-0.39, 0.29) is 0 Å². The molecular weight excluding hydrogens is 258 g/mol. The average Bonchev–Trinajstić information content (AvgIpc) is 2.92. The van der Waals surface area contributed by atoms with Gasteiger partial charge in [0.15, 0.2) is 11.5 Å². The summed E-state index contributed by atoms with van der Waals surface area (Å²) in [6.07, 6.45) is 4.59. The summed E-state index contributed by atoms with van der Waals surface area (Å²) < 4.78 is 11.1. The molecule has 0 aliphatic carbocycles. The van der Waals surface area contributed by atoms with E-state index < -0.39 is 0 Å². The quantitative estimate of drug-likeness (QED) is 0.829. The van der Waals surface area contributed by atoms with Crippen molar-refractivity contribution >= 4 is 11.8 Å². The van der Waals surface area contributed by atoms with E-state index >= 15 is 0 Å². The predicted octanol–water partition coefficient (Wildman–Crippen LogP) is 3.43. The molecule has 0 saturated carbocycles. The number of thioether (sulfide) groups is 1. The van der Waals surface area contributed by atoms with Crippen LogP contribution in [0.2, 0.25) is 0 Å². The second-order valence-corrected chi connectivity index (χ2v) is 6.16. The maximum atomic E-state index is 5.40. The van der Waals surface area contributed by atoms with Crippen LogP contribution in [-0.4, -0.2) is 24.3 Å². The SMILES string of the molecule is CCC(CC)(CNCc1ccc2c(c1)OCO2)SC. The molecule has 1 aliphatic heterocycles. The molecule has 1 heterocycles. The lowest BCUT2D eigenvalue weighted by molar-refractivity contribution is 0.174. The number of rotatable bonds is 7. The molecule has 4 heteroatoms. The van der Waals surface area contributed by atoms with Crippen molar-refractivity contribution < 1.29 is 9.47 Å². The molecule has 0 atom stereocenters. The van der Waals surface area contributed by atoms with Crippen molar-refractivity contribution in [1.29, 1.82) is 0 Å². The third-order valence-electron chi connectivity index (χ3n) is 3.93. The molecule has 0 spiro atoms. The van der Waals surface area contributed by atoms with Crippen LogP contribution in [0.1, 0.15) is 32.3 Å². The van der Waals surface area contributed by atoms with E-state index in [0.29, 0.717) is 11.5 Å². The Morgan fingerprint density at radius 3 is 2.63 bits per heavy atom. The van der Waals surface area contributed by atoms with Gasteiger partial charge in [-0.2, -0.15) is 11.8 Å². The van der Waals surface area contributed by atoms with E-state index in [1.807, 2.05) is 17.8 Å². The topological polar surface area (TPSA) is 30.5 Å². The molecule has 0 fully saturated rings. The summed E-state index contributed by atoms with van der Waals surface area (Å²) in [5, 5.41) is 3.57. The first-order valence-electron chi connectivity index (χ1n) is 6.87. The van der Waals surface area contributed by atoms with Gasteiger partial charge in [-0.3, -0.25) is 0 Å². The molecule has 0 bridgehead atoms. The monoisotopic (exact) mass is 281 g/mol. The summed E-state index contributed by atoms with van der Waals surface area (Å²) in [7, 11) is 0. The van der Waals surface area contributed by atoms with Crippen molar-refractivity contribution in [2.45, 2.75) is 38.0 Å². The van der Waals surface area contributed by atoms with Gasteiger partial charge < -0.3 is 14.8 Å². The molecule has 1 aromatic carbocycles. The molecule has 19 heavy (non-hydrogen) atoms. The van der Waals surface area contributed by atoms with Crippen molar-refractivity contribution in [2.24, 2.45) is 0 Å². The highest BCUT2D eigenvalue weighted by molar-refractivity contribution is 8.00. The van der Waals surface area contributed by atoms with Gasteiger partial charge in [-0.25, -0.2) is 0 Å². The Kier molecular flexibility index (Phi) is 4.99. The Morgan fingerprint density at radius 2 is 1.95 bits per heavy atom. The number of benzene rings is 1. The normalized spacial score (nSPS) is 13.8. The molecule has 0 amide bonds. The summed E-state index contributed by atoms with van der Waals surface area (Å²) in [6.45, 7) is 6.78. The zero-order valence-corrected chi connectivity index (χ0v) is 12.8. The van der Waals surface area contributed by atoms with Gasteiger partial charge >= 0.3 is 0 Å². The Bertz CT molecular complexity index is 410. The van der Waals surface area contributed by atoms with Crippen LogP contribution >= 0.6 is 11.8 Å². The van der Waals surface area contributed by atoms with E-state index in [1.165, 1.54) is 18.4 Å². The van der Waals surface area contributed by atoms with Crippen molar-refractivity contribution in [3.63, 3.8) is 0 Å². The molecule has 106 valence electrons. The van der Waals surface area contributed by atoms with E-state index in [4.69, 9.17) is 9.47 Å². The van der Waals surface area contributed by atoms with Crippen LogP contribution in [0.3, 0.4) is 0 Å². The molecule has 1 aromatic rings. The standard InChI is InChI=1S/C15H23NO2S/c1-4-15(5-2,19-3)10-16-9-12-6-7-13-14(8-12)18-11-17-13/h6-8,16H,4-5,9-11H2,1-3H3.